The quantitative estimate of drug-likeness (QED) is 0.938. The predicted molar refractivity (Wildman–Crippen MR) is 82.9 cm³/mol. The molecule has 0 saturated carbocycles. The number of furan rings is 1. The summed E-state index contributed by atoms with van der Waals surface area (Å²) in [5.41, 5.74) is 3.18. The Bertz CT molecular complexity index is 754. The first-order valence-electron chi connectivity index (χ1n) is 6.92. The Morgan fingerprint density at radius 3 is 2.68 bits per heavy atom. The fourth-order valence-corrected chi connectivity index (χ4v) is 2.12. The largest absolute Gasteiger partial charge is 0.483 e. The number of rotatable bonds is 4. The number of ether oxygens (including phenoxy) is 1. The molecule has 22 heavy (non-hydrogen) atoms. The SMILES string of the molecule is Cc1ccc(OCC(=O)Nc2oc(C)c(C)c2C#N)c(C)c1. The third kappa shape index (κ3) is 3.29. The molecule has 0 fully saturated rings. The Balaban J connectivity index is 2.02. The van der Waals surface area contributed by atoms with Gasteiger partial charge in [-0.15, -0.1) is 0 Å². The smallest absolute Gasteiger partial charge is 0.264 e. The van der Waals surface area contributed by atoms with Gasteiger partial charge in [-0.05, 0) is 39.3 Å². The van der Waals surface area contributed by atoms with Crippen molar-refractivity contribution in [3.63, 3.8) is 0 Å². The minimum atomic E-state index is -0.370. The van der Waals surface area contributed by atoms with Crippen molar-refractivity contribution in [2.24, 2.45) is 0 Å². The molecule has 1 amide bonds. The van der Waals surface area contributed by atoms with Gasteiger partial charge in [0.25, 0.3) is 5.91 Å². The van der Waals surface area contributed by atoms with E-state index < -0.39 is 0 Å². The first-order chi connectivity index (χ1) is 10.4. The zero-order valence-electron chi connectivity index (χ0n) is 13.1. The Morgan fingerprint density at radius 2 is 2.05 bits per heavy atom. The third-order valence-electron chi connectivity index (χ3n) is 3.44. The van der Waals surface area contributed by atoms with E-state index in [0.29, 0.717) is 17.1 Å². The molecule has 5 heteroatoms. The van der Waals surface area contributed by atoms with Gasteiger partial charge in [-0.25, -0.2) is 0 Å². The van der Waals surface area contributed by atoms with E-state index in [1.807, 2.05) is 38.1 Å². The minimum absolute atomic E-state index is 0.145. The molecular formula is C17H18N2O3. The molecule has 1 aromatic carbocycles. The number of nitrogens with one attached hydrogen (secondary N) is 1. The molecule has 0 aliphatic carbocycles. The Labute approximate surface area is 129 Å². The monoisotopic (exact) mass is 298 g/mol. The number of anilines is 1. The number of hydrogen-bond donors (Lipinski definition) is 1. The number of benzene rings is 1. The van der Waals surface area contributed by atoms with E-state index in [2.05, 4.69) is 5.32 Å². The van der Waals surface area contributed by atoms with Crippen molar-refractivity contribution >= 4 is 11.8 Å². The van der Waals surface area contributed by atoms with Crippen LogP contribution in [0.25, 0.3) is 0 Å². The van der Waals surface area contributed by atoms with Crippen LogP contribution in [0, 0.1) is 39.0 Å². The highest BCUT2D eigenvalue weighted by Crippen LogP contribution is 2.25. The molecule has 1 N–H and O–H groups in total. The molecule has 0 radical (unpaired) electrons. The maximum Gasteiger partial charge on any atom is 0.264 e. The van der Waals surface area contributed by atoms with Gasteiger partial charge in [-0.3, -0.25) is 10.1 Å². The van der Waals surface area contributed by atoms with Crippen molar-refractivity contribution in [3.8, 4) is 11.8 Å². The van der Waals surface area contributed by atoms with Crippen LogP contribution in [-0.2, 0) is 4.79 Å². The maximum atomic E-state index is 11.9. The lowest BCUT2D eigenvalue weighted by atomic mass is 10.1. The van der Waals surface area contributed by atoms with E-state index in [4.69, 9.17) is 14.4 Å². The van der Waals surface area contributed by atoms with Crippen molar-refractivity contribution in [2.75, 3.05) is 11.9 Å². The molecule has 2 aromatic rings. The normalized spacial score (nSPS) is 10.1. The highest BCUT2D eigenvalue weighted by Gasteiger charge is 2.16. The highest BCUT2D eigenvalue weighted by molar-refractivity contribution is 5.92. The molecule has 114 valence electrons. The summed E-state index contributed by atoms with van der Waals surface area (Å²) >= 11 is 0. The summed E-state index contributed by atoms with van der Waals surface area (Å²) in [6, 6.07) is 7.77. The second-order valence-electron chi connectivity index (χ2n) is 5.20. The van der Waals surface area contributed by atoms with E-state index in [1.54, 1.807) is 13.8 Å². The zero-order chi connectivity index (χ0) is 16.3. The van der Waals surface area contributed by atoms with Gasteiger partial charge >= 0.3 is 0 Å². The number of carbonyl (C=O) groups excluding carboxylic acids is 1. The van der Waals surface area contributed by atoms with Gasteiger partial charge in [0.15, 0.2) is 6.61 Å². The molecule has 0 unspecified atom stereocenters. The van der Waals surface area contributed by atoms with E-state index >= 15 is 0 Å². The van der Waals surface area contributed by atoms with E-state index in [9.17, 15) is 4.79 Å². The second kappa shape index (κ2) is 6.35. The first kappa shape index (κ1) is 15.6. The minimum Gasteiger partial charge on any atom is -0.483 e. The fourth-order valence-electron chi connectivity index (χ4n) is 2.12. The molecule has 1 heterocycles. The van der Waals surface area contributed by atoms with Crippen molar-refractivity contribution in [1.82, 2.24) is 0 Å². The van der Waals surface area contributed by atoms with Gasteiger partial charge < -0.3 is 9.15 Å². The molecule has 0 atom stereocenters. The van der Waals surface area contributed by atoms with Crippen LogP contribution in [0.3, 0.4) is 0 Å². The number of carbonyl (C=O) groups is 1. The molecule has 2 rings (SSSR count). The van der Waals surface area contributed by atoms with Crippen LogP contribution < -0.4 is 10.1 Å². The molecular weight excluding hydrogens is 280 g/mol. The topological polar surface area (TPSA) is 75.3 Å². The summed E-state index contributed by atoms with van der Waals surface area (Å²) in [5, 5.41) is 11.7. The maximum absolute atomic E-state index is 11.9. The van der Waals surface area contributed by atoms with Crippen LogP contribution in [0.5, 0.6) is 5.75 Å². The average Bonchev–Trinajstić information content (AvgIpc) is 2.72. The van der Waals surface area contributed by atoms with E-state index in [0.717, 1.165) is 16.7 Å². The van der Waals surface area contributed by atoms with Crippen molar-refractivity contribution in [3.05, 3.63) is 46.2 Å². The zero-order valence-corrected chi connectivity index (χ0v) is 13.1. The van der Waals surface area contributed by atoms with Gasteiger partial charge in [0.05, 0.1) is 0 Å². The van der Waals surface area contributed by atoms with Crippen LogP contribution in [-0.4, -0.2) is 12.5 Å². The van der Waals surface area contributed by atoms with E-state index in [1.165, 1.54) is 0 Å². The van der Waals surface area contributed by atoms with Crippen molar-refractivity contribution in [2.45, 2.75) is 27.7 Å². The Hall–Kier alpha value is -2.74. The van der Waals surface area contributed by atoms with Crippen LogP contribution in [0.4, 0.5) is 5.88 Å². The second-order valence-corrected chi connectivity index (χ2v) is 5.20. The van der Waals surface area contributed by atoms with Crippen LogP contribution >= 0.6 is 0 Å². The number of hydrogen-bond acceptors (Lipinski definition) is 4. The molecule has 1 aromatic heterocycles. The molecule has 0 bridgehead atoms. The summed E-state index contributed by atoms with van der Waals surface area (Å²) in [6.45, 7) is 7.30. The summed E-state index contributed by atoms with van der Waals surface area (Å²) < 4.78 is 10.9. The number of nitrogens with zero attached hydrogens (tertiary/aromatic N) is 1. The molecule has 0 saturated heterocycles. The standard InChI is InChI=1S/C17H18N2O3/c1-10-5-6-15(11(2)7-10)21-9-16(20)19-17-14(8-18)12(3)13(4)22-17/h5-7H,9H2,1-4H3,(H,19,20). The number of aryl methyl sites for hydroxylation is 3. The van der Waals surface area contributed by atoms with Crippen molar-refractivity contribution < 1.29 is 13.9 Å². The van der Waals surface area contributed by atoms with Gasteiger partial charge in [0, 0.05) is 5.56 Å². The van der Waals surface area contributed by atoms with Crippen molar-refractivity contribution in [1.29, 1.82) is 5.26 Å². The lowest BCUT2D eigenvalue weighted by molar-refractivity contribution is -0.118. The lowest BCUT2D eigenvalue weighted by Crippen LogP contribution is -2.20. The lowest BCUT2D eigenvalue weighted by Gasteiger charge is -2.09. The van der Waals surface area contributed by atoms with Gasteiger partial charge in [0.2, 0.25) is 5.88 Å². The molecule has 5 nitrogen and oxygen atoms in total. The van der Waals surface area contributed by atoms with Gasteiger partial charge in [0.1, 0.15) is 23.1 Å². The summed E-state index contributed by atoms with van der Waals surface area (Å²) in [6.07, 6.45) is 0. The first-order valence-corrected chi connectivity index (χ1v) is 6.92. The van der Waals surface area contributed by atoms with Crippen LogP contribution in [0.15, 0.2) is 22.6 Å². The molecule has 0 aliphatic rings. The predicted octanol–water partition coefficient (Wildman–Crippen LogP) is 3.40. The average molecular weight is 298 g/mol. The molecule has 0 aliphatic heterocycles. The number of amides is 1. The number of nitriles is 1. The summed E-state index contributed by atoms with van der Waals surface area (Å²) in [4.78, 5) is 11.9. The van der Waals surface area contributed by atoms with Gasteiger partial charge in [-0.2, -0.15) is 5.26 Å². The summed E-state index contributed by atoms with van der Waals surface area (Å²) in [7, 11) is 0. The third-order valence-corrected chi connectivity index (χ3v) is 3.44. The fraction of sp³-hybridized carbons (Fsp3) is 0.294. The Morgan fingerprint density at radius 1 is 1.32 bits per heavy atom. The van der Waals surface area contributed by atoms with Gasteiger partial charge in [-0.1, -0.05) is 17.7 Å². The highest BCUT2D eigenvalue weighted by atomic mass is 16.5. The summed E-state index contributed by atoms with van der Waals surface area (Å²) in [5.74, 6) is 1.08. The van der Waals surface area contributed by atoms with Crippen LogP contribution in [0.2, 0.25) is 0 Å². The molecule has 0 spiro atoms. The Kier molecular flexibility index (Phi) is 4.52. The van der Waals surface area contributed by atoms with E-state index in [-0.39, 0.29) is 18.4 Å². The van der Waals surface area contributed by atoms with Crippen LogP contribution in [0.1, 0.15) is 28.0 Å².